The van der Waals surface area contributed by atoms with Crippen molar-refractivity contribution in [3.63, 3.8) is 0 Å². The zero-order valence-electron chi connectivity index (χ0n) is 49.0. The molecular formula is C69H116O6. The molecule has 0 radical (unpaired) electrons. The summed E-state index contributed by atoms with van der Waals surface area (Å²) in [4.78, 5) is 38.1. The molecule has 0 aromatic rings. The second-order valence-electron chi connectivity index (χ2n) is 20.6. The van der Waals surface area contributed by atoms with Crippen LogP contribution in [0.1, 0.15) is 290 Å². The molecule has 6 nitrogen and oxygen atoms in total. The Kier molecular flexibility index (Phi) is 59.3. The summed E-state index contributed by atoms with van der Waals surface area (Å²) in [6, 6.07) is 0. The minimum Gasteiger partial charge on any atom is -0.462 e. The standard InChI is InChI=1S/C69H116O6/c1-4-7-10-13-16-19-22-25-26-27-28-29-30-31-32-33-34-35-36-37-38-39-40-41-42-45-47-50-53-56-59-62-68(71)74-65-66(75-69(72)63-60-57-54-51-48-44-24-21-18-15-12-9-6-3)64-73-67(70)61-58-55-52-49-46-43-23-20-17-14-11-8-5-2/h7,9-10,12,16,18-19,21,25-26,28-29,31-32,44,48,54,57,66H,4-6,8,11,13-15,17,20,22-24,27,30,33-43,45-47,49-53,55-56,58-65H2,1-3H3/b10-7-,12-9-,19-16-,21-18-,26-25-,29-28-,32-31-,48-44-,57-54-. The zero-order valence-corrected chi connectivity index (χ0v) is 49.0. The smallest absolute Gasteiger partial charge is 0.306 e. The average molecular weight is 1040 g/mol. The van der Waals surface area contributed by atoms with Crippen molar-refractivity contribution in [2.45, 2.75) is 297 Å². The van der Waals surface area contributed by atoms with Gasteiger partial charge in [-0.1, -0.05) is 291 Å². The molecule has 0 aliphatic rings. The van der Waals surface area contributed by atoms with E-state index in [-0.39, 0.29) is 37.5 Å². The molecule has 428 valence electrons. The van der Waals surface area contributed by atoms with Crippen LogP contribution in [-0.2, 0) is 28.6 Å². The second-order valence-corrected chi connectivity index (χ2v) is 20.6. The Hall–Kier alpha value is -3.93. The van der Waals surface area contributed by atoms with E-state index < -0.39 is 6.10 Å². The Balaban J connectivity index is 4.20. The first-order valence-corrected chi connectivity index (χ1v) is 31.4. The first kappa shape index (κ1) is 71.1. The van der Waals surface area contributed by atoms with Gasteiger partial charge in [0.05, 0.1) is 0 Å². The van der Waals surface area contributed by atoms with E-state index in [4.69, 9.17) is 14.2 Å². The van der Waals surface area contributed by atoms with Gasteiger partial charge in [0, 0.05) is 19.3 Å². The Morgan fingerprint density at radius 1 is 0.280 bits per heavy atom. The third-order valence-electron chi connectivity index (χ3n) is 13.3. The number of allylic oxidation sites excluding steroid dienone is 18. The molecule has 1 unspecified atom stereocenters. The van der Waals surface area contributed by atoms with Gasteiger partial charge < -0.3 is 14.2 Å². The van der Waals surface area contributed by atoms with Crippen LogP contribution < -0.4 is 0 Å². The van der Waals surface area contributed by atoms with E-state index in [0.717, 1.165) is 96.3 Å². The van der Waals surface area contributed by atoms with Crippen molar-refractivity contribution in [1.82, 2.24) is 0 Å². The van der Waals surface area contributed by atoms with E-state index >= 15 is 0 Å². The molecule has 0 aromatic carbocycles. The van der Waals surface area contributed by atoms with Crippen molar-refractivity contribution < 1.29 is 28.6 Å². The van der Waals surface area contributed by atoms with Gasteiger partial charge in [0.1, 0.15) is 13.2 Å². The Morgan fingerprint density at radius 3 is 0.867 bits per heavy atom. The van der Waals surface area contributed by atoms with Crippen molar-refractivity contribution in [1.29, 1.82) is 0 Å². The summed E-state index contributed by atoms with van der Waals surface area (Å²) >= 11 is 0. The number of carbonyl (C=O) groups is 3. The first-order valence-electron chi connectivity index (χ1n) is 31.4. The topological polar surface area (TPSA) is 78.9 Å². The van der Waals surface area contributed by atoms with Crippen molar-refractivity contribution in [2.24, 2.45) is 0 Å². The average Bonchev–Trinajstić information content (AvgIpc) is 3.41. The highest BCUT2D eigenvalue weighted by Gasteiger charge is 2.19. The molecule has 0 aliphatic carbocycles. The predicted molar refractivity (Wildman–Crippen MR) is 325 cm³/mol. The van der Waals surface area contributed by atoms with Crippen LogP contribution >= 0.6 is 0 Å². The quantitative estimate of drug-likeness (QED) is 0.0261. The van der Waals surface area contributed by atoms with Gasteiger partial charge in [-0.25, -0.2) is 0 Å². The molecule has 0 aromatic heterocycles. The first-order chi connectivity index (χ1) is 37.0. The van der Waals surface area contributed by atoms with E-state index in [9.17, 15) is 14.4 Å². The summed E-state index contributed by atoms with van der Waals surface area (Å²) in [5.74, 6) is -0.979. The van der Waals surface area contributed by atoms with Gasteiger partial charge in [-0.15, -0.1) is 0 Å². The lowest BCUT2D eigenvalue weighted by atomic mass is 10.0. The molecular weight excluding hydrogens is 925 g/mol. The second kappa shape index (κ2) is 62.6. The Morgan fingerprint density at radius 2 is 0.547 bits per heavy atom. The molecule has 0 saturated carbocycles. The lowest BCUT2D eigenvalue weighted by Gasteiger charge is -2.18. The molecule has 75 heavy (non-hydrogen) atoms. The van der Waals surface area contributed by atoms with Crippen LogP contribution in [-0.4, -0.2) is 37.2 Å². The molecule has 0 heterocycles. The van der Waals surface area contributed by atoms with Crippen molar-refractivity contribution >= 4 is 17.9 Å². The molecule has 0 aliphatic heterocycles. The fraction of sp³-hybridized carbons (Fsp3) is 0.696. The van der Waals surface area contributed by atoms with Gasteiger partial charge in [0.2, 0.25) is 0 Å². The number of unbranched alkanes of at least 4 members (excludes halogenated alkanes) is 27. The van der Waals surface area contributed by atoms with Gasteiger partial charge in [-0.2, -0.15) is 0 Å². The maximum atomic E-state index is 12.8. The number of rotatable bonds is 56. The summed E-state index contributed by atoms with van der Waals surface area (Å²) in [6.07, 6.45) is 85.5. The van der Waals surface area contributed by atoms with Crippen LogP contribution in [0.15, 0.2) is 109 Å². The lowest BCUT2D eigenvalue weighted by Crippen LogP contribution is -2.30. The van der Waals surface area contributed by atoms with E-state index in [1.54, 1.807) is 0 Å². The Bertz CT molecular complexity index is 1520. The zero-order chi connectivity index (χ0) is 54.3. The normalized spacial score (nSPS) is 12.8. The van der Waals surface area contributed by atoms with Crippen LogP contribution in [0, 0.1) is 0 Å². The van der Waals surface area contributed by atoms with Crippen LogP contribution in [0.5, 0.6) is 0 Å². The van der Waals surface area contributed by atoms with E-state index in [2.05, 4.69) is 124 Å². The van der Waals surface area contributed by atoms with Gasteiger partial charge in [-0.05, 0) is 89.9 Å². The van der Waals surface area contributed by atoms with Crippen molar-refractivity contribution in [2.75, 3.05) is 13.2 Å². The monoisotopic (exact) mass is 1040 g/mol. The van der Waals surface area contributed by atoms with E-state index in [1.165, 1.54) is 148 Å². The molecule has 0 bridgehead atoms. The summed E-state index contributed by atoms with van der Waals surface area (Å²) in [5.41, 5.74) is 0. The van der Waals surface area contributed by atoms with Gasteiger partial charge >= 0.3 is 17.9 Å². The number of carbonyl (C=O) groups excluding carboxylic acids is 3. The van der Waals surface area contributed by atoms with Crippen LogP contribution in [0.25, 0.3) is 0 Å². The minimum atomic E-state index is -0.814. The summed E-state index contributed by atoms with van der Waals surface area (Å²) < 4.78 is 16.8. The Labute approximate surface area is 463 Å². The predicted octanol–water partition coefficient (Wildman–Crippen LogP) is 21.4. The van der Waals surface area contributed by atoms with E-state index in [1.807, 2.05) is 6.08 Å². The SMILES string of the molecule is CC/C=C\C/C=C\C/C=C\C/C=C\C/C=C\CCCCCCCCCCCCCCCCCC(=O)OCC(COC(=O)CCCCCCCCCCCCCCC)OC(=O)CC/C=C\C/C=C\C/C=C\C/C=C\CC. The molecule has 0 N–H and O–H groups in total. The van der Waals surface area contributed by atoms with E-state index in [0.29, 0.717) is 19.3 Å². The number of hydrogen-bond acceptors (Lipinski definition) is 6. The third kappa shape index (κ3) is 60.8. The van der Waals surface area contributed by atoms with Gasteiger partial charge in [0.25, 0.3) is 0 Å². The number of esters is 3. The number of ether oxygens (including phenoxy) is 3. The summed E-state index contributed by atoms with van der Waals surface area (Å²) in [5, 5.41) is 0. The van der Waals surface area contributed by atoms with Gasteiger partial charge in [-0.3, -0.25) is 14.4 Å². The van der Waals surface area contributed by atoms with Crippen LogP contribution in [0.4, 0.5) is 0 Å². The highest BCUT2D eigenvalue weighted by Crippen LogP contribution is 2.16. The molecule has 0 rings (SSSR count). The summed E-state index contributed by atoms with van der Waals surface area (Å²) in [6.45, 7) is 6.36. The molecule has 0 saturated heterocycles. The van der Waals surface area contributed by atoms with Gasteiger partial charge in [0.15, 0.2) is 6.10 Å². The largest absolute Gasteiger partial charge is 0.462 e. The number of hydrogen-bond donors (Lipinski definition) is 0. The third-order valence-corrected chi connectivity index (χ3v) is 13.3. The van der Waals surface area contributed by atoms with Crippen molar-refractivity contribution in [3.8, 4) is 0 Å². The highest BCUT2D eigenvalue weighted by atomic mass is 16.6. The highest BCUT2D eigenvalue weighted by molar-refractivity contribution is 5.71. The molecule has 6 heteroatoms. The van der Waals surface area contributed by atoms with Crippen molar-refractivity contribution in [3.05, 3.63) is 109 Å². The molecule has 1 atom stereocenters. The van der Waals surface area contributed by atoms with Crippen LogP contribution in [0.2, 0.25) is 0 Å². The molecule has 0 spiro atoms. The minimum absolute atomic E-state index is 0.103. The fourth-order valence-electron chi connectivity index (χ4n) is 8.66. The lowest BCUT2D eigenvalue weighted by molar-refractivity contribution is -0.166. The maximum absolute atomic E-state index is 12.8. The molecule has 0 amide bonds. The summed E-state index contributed by atoms with van der Waals surface area (Å²) in [7, 11) is 0. The maximum Gasteiger partial charge on any atom is 0.306 e. The molecule has 0 fully saturated rings. The fourth-order valence-corrected chi connectivity index (χ4v) is 8.66. The van der Waals surface area contributed by atoms with Crippen LogP contribution in [0.3, 0.4) is 0 Å².